The van der Waals surface area contributed by atoms with Crippen LogP contribution in [-0.2, 0) is 23.6 Å². The second-order valence-electron chi connectivity index (χ2n) is 19.9. The number of rotatable bonds is 6. The number of hydrogen-bond donors (Lipinski definition) is 4. The predicted octanol–water partition coefficient (Wildman–Crippen LogP) is 7.53. The number of nitrogens with one attached hydrogen (secondary N) is 2. The van der Waals surface area contributed by atoms with Crippen LogP contribution in [0.2, 0.25) is 0 Å². The van der Waals surface area contributed by atoms with Gasteiger partial charge in [-0.3, -0.25) is 29.5 Å². The van der Waals surface area contributed by atoms with Gasteiger partial charge in [0.15, 0.2) is 11.6 Å². The fourth-order valence-corrected chi connectivity index (χ4v) is 9.14. The predicted molar refractivity (Wildman–Crippen MR) is 277 cm³/mol. The molecule has 0 bridgehead atoms. The van der Waals surface area contributed by atoms with E-state index in [0.717, 1.165) is 86.1 Å². The van der Waals surface area contributed by atoms with Crippen LogP contribution in [-0.4, -0.2) is 136 Å². The summed E-state index contributed by atoms with van der Waals surface area (Å²) in [7, 11) is 2.47. The Morgan fingerprint density at radius 3 is 1.58 bits per heavy atom. The molecular weight excluding hydrogens is 983 g/mol. The Morgan fingerprint density at radius 2 is 1.11 bits per heavy atom. The summed E-state index contributed by atoms with van der Waals surface area (Å²) in [5.74, 6) is 3.09. The maximum absolute atomic E-state index is 12.5. The summed E-state index contributed by atoms with van der Waals surface area (Å²) in [5, 5.41) is 43.4. The highest BCUT2D eigenvalue weighted by Gasteiger charge is 2.32. The zero-order valence-electron chi connectivity index (χ0n) is 41.7. The normalized spacial score (nSPS) is 16.2. The van der Waals surface area contributed by atoms with Gasteiger partial charge in [0.2, 0.25) is 0 Å². The summed E-state index contributed by atoms with van der Waals surface area (Å²) < 4.78 is 15.6. The van der Waals surface area contributed by atoms with E-state index in [0.29, 0.717) is 43.3 Å². The van der Waals surface area contributed by atoms with Crippen molar-refractivity contribution < 1.29 is 29.1 Å². The van der Waals surface area contributed by atoms with Gasteiger partial charge in [-0.1, -0.05) is 0 Å². The molecule has 2 aliphatic rings. The van der Waals surface area contributed by atoms with Crippen molar-refractivity contribution >= 4 is 62.5 Å². The lowest BCUT2D eigenvalue weighted by atomic mass is 9.81. The molecule has 10 rings (SSSR count). The number of amides is 2. The average molecular weight is 1040 g/mol. The van der Waals surface area contributed by atoms with E-state index in [2.05, 4.69) is 57.5 Å². The van der Waals surface area contributed by atoms with Crippen LogP contribution >= 0.6 is 15.9 Å². The molecule has 0 unspecified atom stereocenters. The lowest BCUT2D eigenvalue weighted by molar-refractivity contribution is 0.0186. The van der Waals surface area contributed by atoms with E-state index in [1.807, 2.05) is 107 Å². The number of nitrogens with zero attached hydrogens (tertiary/aromatic N) is 12. The molecule has 0 spiro atoms. The van der Waals surface area contributed by atoms with E-state index in [1.54, 1.807) is 34.3 Å². The van der Waals surface area contributed by atoms with E-state index in [4.69, 9.17) is 34.6 Å². The van der Waals surface area contributed by atoms with Crippen LogP contribution in [0.4, 0.5) is 9.59 Å². The summed E-state index contributed by atoms with van der Waals surface area (Å²) in [6.07, 6.45) is 9.73. The number of benzene rings is 2. The molecule has 2 aromatic carbocycles. The minimum Gasteiger partial charge on any atom is -0.444 e. The molecule has 0 saturated carbocycles. The summed E-state index contributed by atoms with van der Waals surface area (Å²) >= 11 is 3.50. The third kappa shape index (κ3) is 12.5. The van der Waals surface area contributed by atoms with Gasteiger partial charge in [-0.25, -0.2) is 19.6 Å². The van der Waals surface area contributed by atoms with Crippen molar-refractivity contribution in [2.24, 2.45) is 14.1 Å². The number of carbonyl (C=O) groups is 2. The summed E-state index contributed by atoms with van der Waals surface area (Å²) in [6, 6.07) is 19.2. The molecule has 6 aromatic heterocycles. The molecule has 0 aliphatic carbocycles. The smallest absolute Gasteiger partial charge is 0.444 e. The molecule has 22 heteroatoms. The van der Waals surface area contributed by atoms with Gasteiger partial charge in [0.05, 0.1) is 11.0 Å². The maximum Gasteiger partial charge on any atom is 0.488 e. The molecule has 8 heterocycles. The van der Waals surface area contributed by atoms with Crippen LogP contribution in [0.15, 0.2) is 90.1 Å². The van der Waals surface area contributed by atoms with Crippen molar-refractivity contribution in [2.75, 3.05) is 26.2 Å². The Labute approximate surface area is 425 Å². The van der Waals surface area contributed by atoms with Gasteiger partial charge < -0.3 is 29.3 Å². The minimum atomic E-state index is -1.38. The van der Waals surface area contributed by atoms with Gasteiger partial charge in [0, 0.05) is 104 Å². The highest BCUT2D eigenvalue weighted by atomic mass is 79.9. The molecule has 4 N–H and O–H groups in total. The molecule has 0 radical (unpaired) electrons. The first-order valence-electron chi connectivity index (χ1n) is 23.9. The third-order valence-electron chi connectivity index (χ3n) is 12.1. The molecule has 2 atom stereocenters. The second-order valence-corrected chi connectivity index (χ2v) is 20.6. The first-order valence-corrected chi connectivity index (χ1v) is 24.7. The number of pyridine rings is 2. The van der Waals surface area contributed by atoms with Crippen LogP contribution < -0.4 is 5.46 Å². The molecular formula is C50H60BBrN14O6. The van der Waals surface area contributed by atoms with Gasteiger partial charge in [-0.15, -0.1) is 0 Å². The van der Waals surface area contributed by atoms with E-state index in [-0.39, 0.29) is 24.0 Å². The Bertz CT molecular complexity index is 3130. The number of carbonyl (C=O) groups excluding carboxylic acids is 2. The standard InChI is InChI=1S/C25H29N7O2.C20H25BrN6O2.C5H6BNO2/c1-25(2,3)34-24(33)32-13-5-6-18(15-32)23-27-22(28-29-23)17-7-8-20-19(14-17)21(30-31(20)4)16-9-11-26-12-10-16;1-20(2,3)29-19(28)27-9-5-6-13(11-27)18-22-17(23-24-18)12-7-8-15-14(10-12)16(21)25-26(15)4;8-6(9)5-1-3-7-4-2-5/h7-12,14,18H,5-6,13,15H2,1-4H3,(H,27,28,29);7-8,10,13H,5-6,9,11H2,1-4H3,(H,22,23,24);1-4,8-9H/t18-;13-;/m11./s1. The van der Waals surface area contributed by atoms with Gasteiger partial charge >= 0.3 is 19.3 Å². The number of piperidine rings is 2. The second kappa shape index (κ2) is 21.8. The molecule has 72 heavy (non-hydrogen) atoms. The van der Waals surface area contributed by atoms with Gasteiger partial charge in [0.1, 0.15) is 33.1 Å². The number of hydrogen-bond acceptors (Lipinski definition) is 14. The largest absolute Gasteiger partial charge is 0.488 e. The van der Waals surface area contributed by atoms with E-state index >= 15 is 0 Å². The molecule has 2 amide bonds. The van der Waals surface area contributed by atoms with Crippen molar-refractivity contribution in [1.29, 1.82) is 0 Å². The van der Waals surface area contributed by atoms with Crippen molar-refractivity contribution in [3.63, 3.8) is 0 Å². The Morgan fingerprint density at radius 1 is 0.653 bits per heavy atom. The van der Waals surface area contributed by atoms with Crippen molar-refractivity contribution in [3.8, 4) is 34.0 Å². The number of aryl methyl sites for hydroxylation is 2. The van der Waals surface area contributed by atoms with Crippen molar-refractivity contribution in [1.82, 2.24) is 69.7 Å². The highest BCUT2D eigenvalue weighted by molar-refractivity contribution is 9.10. The number of aromatic amines is 2. The first kappa shape index (κ1) is 51.3. The van der Waals surface area contributed by atoms with E-state index in [9.17, 15) is 9.59 Å². The van der Waals surface area contributed by atoms with Crippen LogP contribution in [0.5, 0.6) is 0 Å². The van der Waals surface area contributed by atoms with Crippen LogP contribution in [0, 0.1) is 0 Å². The van der Waals surface area contributed by atoms with Crippen LogP contribution in [0.25, 0.3) is 55.8 Å². The summed E-state index contributed by atoms with van der Waals surface area (Å²) in [5.41, 5.74) is 5.28. The van der Waals surface area contributed by atoms with Crippen molar-refractivity contribution in [2.45, 2.75) is 90.3 Å². The zero-order chi connectivity index (χ0) is 51.3. The van der Waals surface area contributed by atoms with Gasteiger partial charge in [-0.2, -0.15) is 20.4 Å². The number of ether oxygens (including phenoxy) is 2. The molecule has 2 saturated heterocycles. The van der Waals surface area contributed by atoms with E-state index in [1.165, 1.54) is 12.4 Å². The summed E-state index contributed by atoms with van der Waals surface area (Å²) in [6.45, 7) is 13.8. The number of aromatic nitrogens is 12. The molecule has 2 fully saturated rings. The fourth-order valence-electron chi connectivity index (χ4n) is 8.58. The number of likely N-dealkylation sites (tertiary alicyclic amines) is 2. The highest BCUT2D eigenvalue weighted by Crippen LogP contribution is 2.33. The first-order chi connectivity index (χ1) is 34.3. The lowest BCUT2D eigenvalue weighted by Crippen LogP contribution is -2.42. The maximum atomic E-state index is 12.5. The SMILES string of the molecule is Cn1nc(-c2ccncc2)c2cc(-c3n[nH]c([C@@H]4CCCN(C(=O)OC(C)(C)C)C4)n3)ccc21.Cn1nc(Br)c2cc(-c3n[nH]c([C@@H]4CCCN(C(=O)OC(C)(C)C)C4)n3)ccc21.OB(O)c1ccncc1. The van der Waals surface area contributed by atoms with Gasteiger partial charge in [-0.05, 0) is 149 Å². The quantitative estimate of drug-likeness (QED) is 0.118. The fraction of sp³-hybridized carbons (Fsp3) is 0.400. The number of H-pyrrole nitrogens is 2. The Hall–Kier alpha value is -7.04. The molecule has 2 aliphatic heterocycles. The third-order valence-corrected chi connectivity index (χ3v) is 12.6. The van der Waals surface area contributed by atoms with Crippen LogP contribution in [0.1, 0.15) is 90.7 Å². The van der Waals surface area contributed by atoms with E-state index < -0.39 is 18.3 Å². The topological polar surface area (TPSA) is 244 Å². The zero-order valence-corrected chi connectivity index (χ0v) is 43.3. The molecule has 20 nitrogen and oxygen atoms in total. The molecule has 8 aromatic rings. The summed E-state index contributed by atoms with van der Waals surface area (Å²) in [4.78, 5) is 45.8. The van der Waals surface area contributed by atoms with Gasteiger partial charge in [0.25, 0.3) is 0 Å². The Kier molecular flexibility index (Phi) is 15.5. The molecule has 376 valence electrons. The van der Waals surface area contributed by atoms with Crippen molar-refractivity contribution in [3.05, 3.63) is 102 Å². The average Bonchev–Trinajstić information content (AvgIpc) is 4.18. The van der Waals surface area contributed by atoms with Crippen LogP contribution in [0.3, 0.4) is 0 Å². The number of halogens is 1. The number of fused-ring (bicyclic) bond motifs is 2. The minimum absolute atomic E-state index is 0.0945. The Balaban J connectivity index is 0.000000166. The monoisotopic (exact) mass is 1040 g/mol. The lowest BCUT2D eigenvalue weighted by Gasteiger charge is -2.33.